The van der Waals surface area contributed by atoms with E-state index in [4.69, 9.17) is 14.2 Å². The Labute approximate surface area is 197 Å². The van der Waals surface area contributed by atoms with Crippen LogP contribution in [-0.2, 0) is 9.47 Å². The molecule has 2 bridgehead atoms. The lowest BCUT2D eigenvalue weighted by molar-refractivity contribution is -0.112. The maximum Gasteiger partial charge on any atom is 0.410 e. The summed E-state index contributed by atoms with van der Waals surface area (Å²) in [7, 11) is 0. The first kappa shape index (κ1) is 22.6. The minimum Gasteiger partial charge on any atom is -0.472 e. The van der Waals surface area contributed by atoms with Gasteiger partial charge in [-0.2, -0.15) is 4.98 Å². The molecule has 34 heavy (non-hydrogen) atoms. The smallest absolute Gasteiger partial charge is 0.410 e. The van der Waals surface area contributed by atoms with Crippen LogP contribution in [0, 0.1) is 24.6 Å². The molecule has 0 spiro atoms. The number of likely N-dealkylation sites (tertiary alicyclic amines) is 1. The van der Waals surface area contributed by atoms with Crippen molar-refractivity contribution >= 4 is 17.1 Å². The fourth-order valence-electron chi connectivity index (χ4n) is 4.75. The lowest BCUT2D eigenvalue weighted by atomic mass is 9.84. The Morgan fingerprint density at radius 3 is 2.59 bits per heavy atom. The quantitative estimate of drug-likeness (QED) is 0.615. The zero-order valence-electron chi connectivity index (χ0n) is 19.8. The minimum absolute atomic E-state index is 0.0194. The minimum atomic E-state index is -0.551. The Hall–Kier alpha value is -3.20. The molecule has 2 unspecified atom stereocenters. The highest BCUT2D eigenvalue weighted by molar-refractivity contribution is 5.94. The van der Waals surface area contributed by atoms with Crippen LogP contribution in [0.1, 0.15) is 26.3 Å². The SMILES string of the molecule is Cc1ccc(-c2c[nH]c3c(OC4C5COCC4CN(C(=O)OC(C)(C)C)C5)ncnc23)c(F)c1. The predicted octanol–water partition coefficient (Wildman–Crippen LogP) is 4.33. The molecule has 1 N–H and O–H groups in total. The molecule has 2 atom stereocenters. The van der Waals surface area contributed by atoms with Gasteiger partial charge < -0.3 is 24.1 Å². The third-order valence-electron chi connectivity index (χ3n) is 6.25. The Balaban J connectivity index is 1.39. The largest absolute Gasteiger partial charge is 0.472 e. The number of H-pyrrole nitrogens is 1. The average Bonchev–Trinajstić information content (AvgIpc) is 3.17. The van der Waals surface area contributed by atoms with Gasteiger partial charge in [-0.05, 0) is 39.3 Å². The number of ether oxygens (including phenoxy) is 3. The summed E-state index contributed by atoms with van der Waals surface area (Å²) in [4.78, 5) is 26.3. The van der Waals surface area contributed by atoms with Gasteiger partial charge in [-0.25, -0.2) is 14.2 Å². The number of carbonyl (C=O) groups excluding carboxylic acids is 1. The van der Waals surface area contributed by atoms with Crippen molar-refractivity contribution in [2.45, 2.75) is 39.4 Å². The molecular weight excluding hydrogens is 439 g/mol. The Bertz CT molecular complexity index is 1210. The molecule has 2 aliphatic rings. The summed E-state index contributed by atoms with van der Waals surface area (Å²) in [6.45, 7) is 9.36. The maximum atomic E-state index is 14.6. The van der Waals surface area contributed by atoms with Gasteiger partial charge in [-0.1, -0.05) is 12.1 Å². The number of fused-ring (bicyclic) bond motifs is 3. The first-order chi connectivity index (χ1) is 16.2. The first-order valence-corrected chi connectivity index (χ1v) is 11.5. The summed E-state index contributed by atoms with van der Waals surface area (Å²) in [6, 6.07) is 5.13. The highest BCUT2D eigenvalue weighted by Crippen LogP contribution is 2.36. The summed E-state index contributed by atoms with van der Waals surface area (Å²) in [5.74, 6) is 0.0718. The fourth-order valence-corrected chi connectivity index (χ4v) is 4.75. The molecule has 1 amide bonds. The molecule has 1 aromatic carbocycles. The Kier molecular flexibility index (Phi) is 5.67. The summed E-state index contributed by atoms with van der Waals surface area (Å²) in [6.07, 6.45) is 2.67. The molecule has 8 nitrogen and oxygen atoms in total. The van der Waals surface area contributed by atoms with E-state index in [0.29, 0.717) is 54.3 Å². The van der Waals surface area contributed by atoms with Crippen molar-refractivity contribution in [3.8, 4) is 17.0 Å². The number of hydrogen-bond acceptors (Lipinski definition) is 6. The number of nitrogens with one attached hydrogen (secondary N) is 1. The third-order valence-corrected chi connectivity index (χ3v) is 6.25. The van der Waals surface area contributed by atoms with Gasteiger partial charge in [-0.15, -0.1) is 0 Å². The Morgan fingerprint density at radius 2 is 1.91 bits per heavy atom. The molecule has 2 aromatic heterocycles. The number of aryl methyl sites for hydroxylation is 1. The van der Waals surface area contributed by atoms with E-state index in [2.05, 4.69) is 15.0 Å². The van der Waals surface area contributed by atoms with Gasteiger partial charge in [0.2, 0.25) is 5.88 Å². The van der Waals surface area contributed by atoms with Crippen molar-refractivity contribution in [2.75, 3.05) is 26.3 Å². The molecule has 2 fully saturated rings. The number of amides is 1. The zero-order chi connectivity index (χ0) is 24.0. The first-order valence-electron chi connectivity index (χ1n) is 11.5. The Morgan fingerprint density at radius 1 is 1.18 bits per heavy atom. The summed E-state index contributed by atoms with van der Waals surface area (Å²) >= 11 is 0. The van der Waals surface area contributed by atoms with Crippen LogP contribution in [0.25, 0.3) is 22.2 Å². The van der Waals surface area contributed by atoms with Gasteiger partial charge in [0, 0.05) is 42.2 Å². The average molecular weight is 469 g/mol. The van der Waals surface area contributed by atoms with E-state index in [1.54, 1.807) is 17.2 Å². The predicted molar refractivity (Wildman–Crippen MR) is 124 cm³/mol. The van der Waals surface area contributed by atoms with Crippen molar-refractivity contribution in [1.29, 1.82) is 0 Å². The topological polar surface area (TPSA) is 89.6 Å². The standard InChI is InChI=1S/C25H29FN4O4/c1-14-5-6-17(19(26)7-14)18-8-27-21-20(18)28-13-29-23(21)33-22-15-9-30(10-16(22)12-32-11-15)24(31)34-25(2,3)4/h5-8,13,15-16,22,27H,9-12H2,1-4H3. The molecule has 2 aliphatic heterocycles. The summed E-state index contributed by atoms with van der Waals surface area (Å²) < 4.78 is 32.4. The van der Waals surface area contributed by atoms with E-state index in [1.165, 1.54) is 12.4 Å². The third kappa shape index (κ3) is 4.32. The second-order valence-electron chi connectivity index (χ2n) is 10.1. The van der Waals surface area contributed by atoms with Crippen molar-refractivity contribution in [2.24, 2.45) is 11.8 Å². The van der Waals surface area contributed by atoms with Crippen molar-refractivity contribution in [3.05, 3.63) is 42.1 Å². The van der Waals surface area contributed by atoms with E-state index in [9.17, 15) is 9.18 Å². The molecule has 3 aromatic rings. The van der Waals surface area contributed by atoms with Crippen LogP contribution in [0.5, 0.6) is 5.88 Å². The van der Waals surface area contributed by atoms with Crippen LogP contribution in [-0.4, -0.2) is 64.0 Å². The second-order valence-corrected chi connectivity index (χ2v) is 10.1. The van der Waals surface area contributed by atoms with Gasteiger partial charge in [0.25, 0.3) is 0 Å². The number of aromatic nitrogens is 3. The number of piperidine rings is 1. The molecule has 0 radical (unpaired) electrons. The van der Waals surface area contributed by atoms with E-state index in [1.807, 2.05) is 33.8 Å². The van der Waals surface area contributed by atoms with E-state index >= 15 is 0 Å². The molecule has 0 saturated carbocycles. The van der Waals surface area contributed by atoms with Crippen LogP contribution < -0.4 is 4.74 Å². The zero-order valence-corrected chi connectivity index (χ0v) is 19.8. The molecule has 0 aliphatic carbocycles. The lowest BCUT2D eigenvalue weighted by Crippen LogP contribution is -2.59. The number of rotatable bonds is 3. The van der Waals surface area contributed by atoms with Crippen molar-refractivity contribution < 1.29 is 23.4 Å². The summed E-state index contributed by atoms with van der Waals surface area (Å²) in [5.41, 5.74) is 2.64. The highest BCUT2D eigenvalue weighted by atomic mass is 19.1. The number of aromatic amines is 1. The van der Waals surface area contributed by atoms with E-state index in [-0.39, 0.29) is 29.9 Å². The molecule has 4 heterocycles. The maximum absolute atomic E-state index is 14.6. The second kappa shape index (κ2) is 8.54. The van der Waals surface area contributed by atoms with Gasteiger partial charge >= 0.3 is 6.09 Å². The van der Waals surface area contributed by atoms with Gasteiger partial charge in [0.1, 0.15) is 34.9 Å². The number of halogens is 1. The van der Waals surface area contributed by atoms with Crippen LogP contribution in [0.4, 0.5) is 9.18 Å². The molecule has 180 valence electrons. The van der Waals surface area contributed by atoms with E-state index in [0.717, 1.165) is 5.56 Å². The van der Waals surface area contributed by atoms with Crippen LogP contribution in [0.15, 0.2) is 30.7 Å². The summed E-state index contributed by atoms with van der Waals surface area (Å²) in [5, 5.41) is 0. The molecule has 9 heteroatoms. The van der Waals surface area contributed by atoms with Crippen molar-refractivity contribution in [1.82, 2.24) is 19.9 Å². The fraction of sp³-hybridized carbons (Fsp3) is 0.480. The number of nitrogens with zero attached hydrogens (tertiary/aromatic N) is 3. The number of hydrogen-bond donors (Lipinski definition) is 1. The monoisotopic (exact) mass is 468 g/mol. The molecule has 2 saturated heterocycles. The van der Waals surface area contributed by atoms with Crippen molar-refractivity contribution in [3.63, 3.8) is 0 Å². The molecule has 5 rings (SSSR count). The van der Waals surface area contributed by atoms with Crippen LogP contribution in [0.2, 0.25) is 0 Å². The van der Waals surface area contributed by atoms with Crippen LogP contribution in [0.3, 0.4) is 0 Å². The van der Waals surface area contributed by atoms with E-state index < -0.39 is 5.60 Å². The van der Waals surface area contributed by atoms with Gasteiger partial charge in [0.15, 0.2) is 0 Å². The number of carbonyl (C=O) groups is 1. The van der Waals surface area contributed by atoms with Crippen LogP contribution >= 0.6 is 0 Å². The number of benzene rings is 1. The normalized spacial score (nSPS) is 22.6. The van der Waals surface area contributed by atoms with Gasteiger partial charge in [-0.3, -0.25) is 0 Å². The lowest BCUT2D eigenvalue weighted by Gasteiger charge is -2.46. The molecular formula is C25H29FN4O4. The highest BCUT2D eigenvalue weighted by Gasteiger charge is 2.44. The van der Waals surface area contributed by atoms with Gasteiger partial charge in [0.05, 0.1) is 13.2 Å².